The number of fused-ring (bicyclic) bond motifs is 5. The topological polar surface area (TPSA) is 26.3 Å². The number of carbonyl (C=O) groups excluding carboxylic acids is 1. The van der Waals surface area contributed by atoms with Crippen LogP contribution in [0.5, 0.6) is 5.75 Å². The summed E-state index contributed by atoms with van der Waals surface area (Å²) in [7, 11) is -1.80. The van der Waals surface area contributed by atoms with Crippen LogP contribution in [0, 0.1) is 17.3 Å². The van der Waals surface area contributed by atoms with Crippen LogP contribution in [-0.2, 0) is 11.2 Å². The van der Waals surface area contributed by atoms with Crippen LogP contribution >= 0.6 is 0 Å². The number of hydrogen-bond acceptors (Lipinski definition) is 2. The molecule has 2 nitrogen and oxygen atoms in total. The minimum absolute atomic E-state index is 0.0238. The molecule has 0 saturated heterocycles. The molecule has 4 rings (SSSR count). The van der Waals surface area contributed by atoms with E-state index in [-0.39, 0.29) is 10.5 Å². The fourth-order valence-electron chi connectivity index (χ4n) is 5.84. The molecule has 0 spiro atoms. The fraction of sp³-hybridized carbons (Fsp3) is 0.708. The first-order valence-corrected chi connectivity index (χ1v) is 13.8. The quantitative estimate of drug-likeness (QED) is 0.544. The van der Waals surface area contributed by atoms with Gasteiger partial charge in [0.15, 0.2) is 0 Å². The van der Waals surface area contributed by atoms with Crippen molar-refractivity contribution in [1.82, 2.24) is 0 Å². The van der Waals surface area contributed by atoms with Crippen LogP contribution < -0.4 is 4.43 Å². The summed E-state index contributed by atoms with van der Waals surface area (Å²) in [4.78, 5) is 12.5. The number of Topliss-reactive ketones (excluding diaryl/α,β-unsaturated/α-hetero) is 1. The molecule has 0 heterocycles. The van der Waals surface area contributed by atoms with Gasteiger partial charge in [0.25, 0.3) is 0 Å². The van der Waals surface area contributed by atoms with E-state index >= 15 is 0 Å². The van der Waals surface area contributed by atoms with Crippen LogP contribution in [0.15, 0.2) is 18.2 Å². The van der Waals surface area contributed by atoms with E-state index in [2.05, 4.69) is 59.0 Å². The van der Waals surface area contributed by atoms with Gasteiger partial charge in [0, 0.05) is 11.8 Å². The molecule has 1 aromatic carbocycles. The first kappa shape index (κ1) is 19.2. The normalized spacial score (nSPS) is 33.3. The number of benzene rings is 1. The summed E-state index contributed by atoms with van der Waals surface area (Å²) >= 11 is 0. The number of ketones is 1. The van der Waals surface area contributed by atoms with Gasteiger partial charge in [0.1, 0.15) is 11.5 Å². The molecule has 0 unspecified atom stereocenters. The lowest BCUT2D eigenvalue weighted by molar-refractivity contribution is -0.129. The summed E-state index contributed by atoms with van der Waals surface area (Å²) in [6.45, 7) is 13.8. The fourth-order valence-corrected chi connectivity index (χ4v) is 6.86. The maximum absolute atomic E-state index is 12.5. The van der Waals surface area contributed by atoms with E-state index in [9.17, 15) is 4.79 Å². The SMILES string of the molecule is CC(C)(C)[Si](C)(C)Oc1ccc2c(c1)CC[C@@H]1[C@@H]2CC[C@]2(C)C(=O)CC[C@@H]12. The monoisotopic (exact) mass is 384 g/mol. The van der Waals surface area contributed by atoms with E-state index < -0.39 is 8.32 Å². The lowest BCUT2D eigenvalue weighted by Crippen LogP contribution is -2.44. The predicted molar refractivity (Wildman–Crippen MR) is 114 cm³/mol. The van der Waals surface area contributed by atoms with Gasteiger partial charge in [-0.1, -0.05) is 33.8 Å². The molecule has 2 fully saturated rings. The minimum Gasteiger partial charge on any atom is -0.543 e. The summed E-state index contributed by atoms with van der Waals surface area (Å²) in [5.74, 6) is 3.57. The number of aryl methyl sites for hydroxylation is 1. The number of carbonyl (C=O) groups is 1. The van der Waals surface area contributed by atoms with Gasteiger partial charge < -0.3 is 4.43 Å². The smallest absolute Gasteiger partial charge is 0.250 e. The van der Waals surface area contributed by atoms with E-state index in [0.717, 1.165) is 31.4 Å². The highest BCUT2D eigenvalue weighted by Gasteiger charge is 2.54. The van der Waals surface area contributed by atoms with Crippen molar-refractivity contribution in [3.63, 3.8) is 0 Å². The van der Waals surface area contributed by atoms with Crippen molar-refractivity contribution >= 4 is 14.1 Å². The molecule has 1 aromatic rings. The number of hydrogen-bond donors (Lipinski definition) is 0. The van der Waals surface area contributed by atoms with Crippen LogP contribution in [0.3, 0.4) is 0 Å². The van der Waals surface area contributed by atoms with Crippen molar-refractivity contribution in [1.29, 1.82) is 0 Å². The van der Waals surface area contributed by atoms with E-state index in [1.807, 2.05) is 0 Å². The van der Waals surface area contributed by atoms with Gasteiger partial charge in [0.05, 0.1) is 0 Å². The summed E-state index contributed by atoms with van der Waals surface area (Å²) < 4.78 is 6.56. The average Bonchev–Trinajstić information content (AvgIpc) is 2.88. The number of rotatable bonds is 2. The van der Waals surface area contributed by atoms with Crippen molar-refractivity contribution in [3.05, 3.63) is 29.3 Å². The molecule has 0 bridgehead atoms. The van der Waals surface area contributed by atoms with Crippen molar-refractivity contribution in [2.45, 2.75) is 90.3 Å². The molecule has 27 heavy (non-hydrogen) atoms. The van der Waals surface area contributed by atoms with Gasteiger partial charge in [-0.2, -0.15) is 0 Å². The highest BCUT2D eigenvalue weighted by molar-refractivity contribution is 6.74. The molecule has 4 atom stereocenters. The summed E-state index contributed by atoms with van der Waals surface area (Å²) in [6.07, 6.45) is 6.59. The molecular weight excluding hydrogens is 348 g/mol. The molecular formula is C24H36O2Si. The highest BCUT2D eigenvalue weighted by atomic mass is 28.4. The largest absolute Gasteiger partial charge is 0.543 e. The minimum atomic E-state index is -1.80. The summed E-state index contributed by atoms with van der Waals surface area (Å²) in [6, 6.07) is 6.91. The standard InChI is InChI=1S/C24H36O2Si/c1-23(2,3)27(5,6)26-17-8-10-18-16(15-17)7-9-20-19(18)13-14-24(4)21(20)11-12-22(24)25/h8,10,15,19-21H,7,9,11-14H2,1-6H3/t19-,20-,21+,24+/m1/s1. The van der Waals surface area contributed by atoms with Crippen molar-refractivity contribution in [2.24, 2.45) is 17.3 Å². The van der Waals surface area contributed by atoms with E-state index in [4.69, 9.17) is 4.43 Å². The van der Waals surface area contributed by atoms with Crippen molar-refractivity contribution < 1.29 is 9.22 Å². The molecule has 3 heteroatoms. The molecule has 2 saturated carbocycles. The Morgan fingerprint density at radius 1 is 1.11 bits per heavy atom. The zero-order valence-electron chi connectivity index (χ0n) is 18.0. The van der Waals surface area contributed by atoms with Gasteiger partial charge in [-0.3, -0.25) is 4.79 Å². The molecule has 0 amide bonds. The lowest BCUT2D eigenvalue weighted by Gasteiger charge is -2.48. The van der Waals surface area contributed by atoms with Gasteiger partial charge >= 0.3 is 0 Å². The second-order valence-corrected chi connectivity index (χ2v) is 15.8. The molecule has 0 N–H and O–H groups in total. The average molecular weight is 385 g/mol. The second-order valence-electron chi connectivity index (χ2n) is 11.1. The predicted octanol–water partition coefficient (Wildman–Crippen LogP) is 6.50. The van der Waals surface area contributed by atoms with E-state index in [1.54, 1.807) is 5.56 Å². The zero-order chi connectivity index (χ0) is 19.6. The molecule has 3 aliphatic rings. The first-order chi connectivity index (χ1) is 12.5. The van der Waals surface area contributed by atoms with Crippen LogP contribution in [0.1, 0.15) is 76.8 Å². The lowest BCUT2D eigenvalue weighted by atomic mass is 9.55. The Morgan fingerprint density at radius 3 is 2.56 bits per heavy atom. The van der Waals surface area contributed by atoms with Gasteiger partial charge in [0.2, 0.25) is 8.32 Å². The molecule has 148 valence electrons. The third-order valence-electron chi connectivity index (χ3n) is 8.59. The zero-order valence-corrected chi connectivity index (χ0v) is 19.0. The Bertz CT molecular complexity index is 760. The Labute approximate surface area is 166 Å². The molecule has 0 aromatic heterocycles. The maximum Gasteiger partial charge on any atom is 0.250 e. The second kappa shape index (κ2) is 6.20. The van der Waals surface area contributed by atoms with E-state index in [1.165, 1.54) is 18.4 Å². The Balaban J connectivity index is 1.59. The molecule has 0 radical (unpaired) electrons. The van der Waals surface area contributed by atoms with Crippen LogP contribution in [0.25, 0.3) is 0 Å². The van der Waals surface area contributed by atoms with Crippen LogP contribution in [0.2, 0.25) is 18.1 Å². The van der Waals surface area contributed by atoms with E-state index in [0.29, 0.717) is 23.5 Å². The Morgan fingerprint density at radius 2 is 1.85 bits per heavy atom. The molecule has 0 aliphatic heterocycles. The third-order valence-corrected chi connectivity index (χ3v) is 12.9. The summed E-state index contributed by atoms with van der Waals surface area (Å²) in [5.41, 5.74) is 3.03. The van der Waals surface area contributed by atoms with Gasteiger partial charge in [-0.05, 0) is 91.2 Å². The third kappa shape index (κ3) is 3.01. The van der Waals surface area contributed by atoms with Crippen molar-refractivity contribution in [2.75, 3.05) is 0 Å². The Kier molecular flexibility index (Phi) is 4.42. The highest BCUT2D eigenvalue weighted by Crippen LogP contribution is 2.59. The first-order valence-electron chi connectivity index (χ1n) is 10.9. The Hall–Kier alpha value is -1.09. The maximum atomic E-state index is 12.5. The summed E-state index contributed by atoms with van der Waals surface area (Å²) in [5, 5.41) is 0.219. The van der Waals surface area contributed by atoms with Crippen LogP contribution in [0.4, 0.5) is 0 Å². The van der Waals surface area contributed by atoms with Crippen molar-refractivity contribution in [3.8, 4) is 5.75 Å². The van der Waals surface area contributed by atoms with Gasteiger partial charge in [-0.15, -0.1) is 0 Å². The molecule has 3 aliphatic carbocycles. The van der Waals surface area contributed by atoms with Gasteiger partial charge in [-0.25, -0.2) is 0 Å². The van der Waals surface area contributed by atoms with Crippen LogP contribution in [-0.4, -0.2) is 14.1 Å².